The van der Waals surface area contributed by atoms with Crippen LogP contribution < -0.4 is 21.3 Å². The number of esters is 1. The minimum Gasteiger partial charge on any atom is -0.454 e. The number of anilines is 1. The number of para-hydroxylation sites is 1. The van der Waals surface area contributed by atoms with Crippen molar-refractivity contribution in [1.29, 1.82) is 0 Å². The summed E-state index contributed by atoms with van der Waals surface area (Å²) in [5.74, 6) is -1.76. The first kappa shape index (κ1) is 20.2. The molecule has 1 fully saturated rings. The number of imide groups is 1. The molecule has 1 aliphatic rings. The lowest BCUT2D eigenvalue weighted by Gasteiger charge is -2.21. The van der Waals surface area contributed by atoms with Crippen LogP contribution in [0.4, 0.5) is 15.3 Å². The van der Waals surface area contributed by atoms with E-state index >= 15 is 0 Å². The first-order valence-corrected chi connectivity index (χ1v) is 8.74. The fourth-order valence-electron chi connectivity index (χ4n) is 2.17. The van der Waals surface area contributed by atoms with Crippen molar-refractivity contribution >= 4 is 29.6 Å². The first-order valence-electron chi connectivity index (χ1n) is 8.74. The van der Waals surface area contributed by atoms with Gasteiger partial charge in [0.1, 0.15) is 6.04 Å². The lowest BCUT2D eigenvalue weighted by molar-refractivity contribution is -0.151. The van der Waals surface area contributed by atoms with Gasteiger partial charge in [0.15, 0.2) is 6.61 Å². The quantitative estimate of drug-likeness (QED) is 0.535. The normalized spacial score (nSPS) is 14.0. The van der Waals surface area contributed by atoms with Gasteiger partial charge in [0.25, 0.3) is 5.91 Å². The van der Waals surface area contributed by atoms with Crippen LogP contribution in [0.2, 0.25) is 0 Å². The summed E-state index contributed by atoms with van der Waals surface area (Å²) < 4.78 is 4.93. The van der Waals surface area contributed by atoms with Crippen LogP contribution in [0.15, 0.2) is 30.3 Å². The molecule has 5 amide bonds. The van der Waals surface area contributed by atoms with E-state index in [1.165, 1.54) is 0 Å². The van der Waals surface area contributed by atoms with E-state index in [-0.39, 0.29) is 12.0 Å². The van der Waals surface area contributed by atoms with Crippen molar-refractivity contribution in [3.8, 4) is 0 Å². The highest BCUT2D eigenvalue weighted by Gasteiger charge is 2.27. The number of rotatable bonds is 7. The standard InChI is InChI=1S/C18H24N4O5/c1-11(2)15(22-18(26)19-12-6-4-3-5-7-12)16(24)27-10-14(23)21-17(25)20-13-8-9-13/h3-7,11,13,15H,8-10H2,1-2H3,(H2,19,22,26)(H2,20,21,23,25)/t15-/m0/s1. The smallest absolute Gasteiger partial charge is 0.329 e. The SMILES string of the molecule is CC(C)[C@H](NC(=O)Nc1ccccc1)C(=O)OCC(=O)NC(=O)NC1CC1. The van der Waals surface area contributed by atoms with Crippen LogP contribution >= 0.6 is 0 Å². The van der Waals surface area contributed by atoms with Crippen molar-refractivity contribution in [3.05, 3.63) is 30.3 Å². The Morgan fingerprint density at radius 2 is 1.74 bits per heavy atom. The first-order chi connectivity index (χ1) is 12.8. The van der Waals surface area contributed by atoms with Crippen LogP contribution in [0.25, 0.3) is 0 Å². The molecule has 0 saturated heterocycles. The monoisotopic (exact) mass is 376 g/mol. The highest BCUT2D eigenvalue weighted by molar-refractivity contribution is 5.96. The molecule has 2 rings (SSSR count). The molecule has 0 aromatic heterocycles. The molecule has 4 N–H and O–H groups in total. The van der Waals surface area contributed by atoms with Crippen LogP contribution in [0, 0.1) is 5.92 Å². The third kappa shape index (κ3) is 7.35. The number of urea groups is 2. The summed E-state index contributed by atoms with van der Waals surface area (Å²) in [6.45, 7) is 2.86. The average Bonchev–Trinajstić information content (AvgIpc) is 3.42. The topological polar surface area (TPSA) is 126 Å². The van der Waals surface area contributed by atoms with E-state index in [9.17, 15) is 19.2 Å². The summed E-state index contributed by atoms with van der Waals surface area (Å²) in [5.41, 5.74) is 0.576. The highest BCUT2D eigenvalue weighted by Crippen LogP contribution is 2.18. The molecule has 0 aliphatic heterocycles. The van der Waals surface area contributed by atoms with Gasteiger partial charge in [-0.3, -0.25) is 10.1 Å². The largest absolute Gasteiger partial charge is 0.454 e. The van der Waals surface area contributed by atoms with Crippen molar-refractivity contribution in [3.63, 3.8) is 0 Å². The van der Waals surface area contributed by atoms with Gasteiger partial charge in [-0.1, -0.05) is 32.0 Å². The zero-order chi connectivity index (χ0) is 19.8. The van der Waals surface area contributed by atoms with E-state index in [2.05, 4.69) is 21.3 Å². The molecule has 0 spiro atoms. The fourth-order valence-corrected chi connectivity index (χ4v) is 2.17. The number of hydrogen-bond donors (Lipinski definition) is 4. The van der Waals surface area contributed by atoms with Crippen molar-refractivity contribution in [2.75, 3.05) is 11.9 Å². The van der Waals surface area contributed by atoms with E-state index < -0.39 is 36.6 Å². The molecule has 1 aliphatic carbocycles. The van der Waals surface area contributed by atoms with Gasteiger partial charge in [-0.2, -0.15) is 0 Å². The molecule has 1 saturated carbocycles. The van der Waals surface area contributed by atoms with Gasteiger partial charge in [0.05, 0.1) is 0 Å². The molecule has 0 heterocycles. The van der Waals surface area contributed by atoms with Crippen molar-refractivity contribution in [2.24, 2.45) is 5.92 Å². The number of carbonyl (C=O) groups is 4. The van der Waals surface area contributed by atoms with Crippen LogP contribution in [0.5, 0.6) is 0 Å². The molecule has 9 nitrogen and oxygen atoms in total. The van der Waals surface area contributed by atoms with Crippen LogP contribution in [0.1, 0.15) is 26.7 Å². The summed E-state index contributed by atoms with van der Waals surface area (Å²) in [6, 6.07) is 6.75. The number of benzene rings is 1. The molecule has 146 valence electrons. The van der Waals surface area contributed by atoms with E-state index in [0.717, 1.165) is 12.8 Å². The third-order valence-electron chi connectivity index (χ3n) is 3.75. The Kier molecular flexibility index (Phi) is 7.16. The maximum atomic E-state index is 12.2. The van der Waals surface area contributed by atoms with Crippen molar-refractivity contribution in [2.45, 2.75) is 38.8 Å². The lowest BCUT2D eigenvalue weighted by atomic mass is 10.1. The Bertz CT molecular complexity index is 688. The summed E-state index contributed by atoms with van der Waals surface area (Å²) in [5, 5.41) is 9.80. The molecule has 27 heavy (non-hydrogen) atoms. The molecular formula is C18H24N4O5. The summed E-state index contributed by atoms with van der Waals surface area (Å²) in [4.78, 5) is 47.4. The number of ether oxygens (including phenoxy) is 1. The maximum Gasteiger partial charge on any atom is 0.329 e. The number of hydrogen-bond acceptors (Lipinski definition) is 5. The van der Waals surface area contributed by atoms with Gasteiger partial charge in [-0.15, -0.1) is 0 Å². The predicted molar refractivity (Wildman–Crippen MR) is 97.9 cm³/mol. The maximum absolute atomic E-state index is 12.2. The van der Waals surface area contributed by atoms with Gasteiger partial charge in [-0.25, -0.2) is 14.4 Å². The average molecular weight is 376 g/mol. The Labute approximate surface area is 157 Å². The minimum atomic E-state index is -0.943. The molecule has 1 atom stereocenters. The number of amides is 5. The Balaban J connectivity index is 1.78. The fraction of sp³-hybridized carbons (Fsp3) is 0.444. The van der Waals surface area contributed by atoms with Gasteiger partial charge < -0.3 is 20.7 Å². The Morgan fingerprint density at radius 3 is 2.33 bits per heavy atom. The number of carbonyl (C=O) groups excluding carboxylic acids is 4. The molecule has 0 unspecified atom stereocenters. The van der Waals surface area contributed by atoms with E-state index in [4.69, 9.17) is 4.74 Å². The van der Waals surface area contributed by atoms with Crippen molar-refractivity contribution < 1.29 is 23.9 Å². The van der Waals surface area contributed by atoms with E-state index in [0.29, 0.717) is 5.69 Å². The van der Waals surface area contributed by atoms with Gasteiger partial charge in [-0.05, 0) is 30.9 Å². The van der Waals surface area contributed by atoms with E-state index in [1.54, 1.807) is 38.1 Å². The summed E-state index contributed by atoms with van der Waals surface area (Å²) >= 11 is 0. The molecule has 1 aromatic carbocycles. The van der Waals surface area contributed by atoms with Crippen LogP contribution in [-0.2, 0) is 14.3 Å². The summed E-state index contributed by atoms with van der Waals surface area (Å²) in [7, 11) is 0. The zero-order valence-corrected chi connectivity index (χ0v) is 15.3. The molecule has 0 bridgehead atoms. The minimum absolute atomic E-state index is 0.109. The Hall–Kier alpha value is -3.10. The van der Waals surface area contributed by atoms with Crippen LogP contribution in [0.3, 0.4) is 0 Å². The van der Waals surface area contributed by atoms with Gasteiger partial charge in [0, 0.05) is 11.7 Å². The summed E-state index contributed by atoms with van der Waals surface area (Å²) in [6.07, 6.45) is 1.78. The number of nitrogens with one attached hydrogen (secondary N) is 4. The zero-order valence-electron chi connectivity index (χ0n) is 15.3. The van der Waals surface area contributed by atoms with Gasteiger partial charge in [0.2, 0.25) is 0 Å². The molecular weight excluding hydrogens is 352 g/mol. The molecule has 0 radical (unpaired) electrons. The lowest BCUT2D eigenvalue weighted by Crippen LogP contribution is -2.48. The molecule has 1 aromatic rings. The molecule has 9 heteroatoms. The van der Waals surface area contributed by atoms with Gasteiger partial charge >= 0.3 is 18.0 Å². The second-order valence-corrected chi connectivity index (χ2v) is 6.59. The Morgan fingerprint density at radius 1 is 1.07 bits per heavy atom. The van der Waals surface area contributed by atoms with E-state index in [1.807, 2.05) is 6.07 Å². The second kappa shape index (κ2) is 9.56. The van der Waals surface area contributed by atoms with Crippen LogP contribution in [-0.4, -0.2) is 42.6 Å². The third-order valence-corrected chi connectivity index (χ3v) is 3.75. The predicted octanol–water partition coefficient (Wildman–Crippen LogP) is 1.36. The van der Waals surface area contributed by atoms with Crippen molar-refractivity contribution in [1.82, 2.24) is 16.0 Å². The second-order valence-electron chi connectivity index (χ2n) is 6.59. The highest BCUT2D eigenvalue weighted by atomic mass is 16.5.